The Bertz CT molecular complexity index is 890. The molecule has 1 aromatic carbocycles. The summed E-state index contributed by atoms with van der Waals surface area (Å²) in [5.41, 5.74) is 2.35. The normalized spacial score (nSPS) is 11.5. The summed E-state index contributed by atoms with van der Waals surface area (Å²) in [4.78, 5) is 12.6. The summed E-state index contributed by atoms with van der Waals surface area (Å²) in [6, 6.07) is 14.5. The summed E-state index contributed by atoms with van der Waals surface area (Å²) < 4.78 is 1.75. The molecule has 146 valence electrons. The van der Waals surface area contributed by atoms with E-state index in [0.717, 1.165) is 30.4 Å². The Morgan fingerprint density at radius 3 is 2.68 bits per heavy atom. The topological polar surface area (TPSA) is 58.3 Å². The number of aliphatic imine (C=N–C) groups is 1. The van der Waals surface area contributed by atoms with Crippen LogP contribution in [0.25, 0.3) is 5.82 Å². The Morgan fingerprint density at radius 1 is 1.18 bits per heavy atom. The third-order valence-corrected chi connectivity index (χ3v) is 4.98. The number of benzene rings is 1. The first kappa shape index (κ1) is 19.9. The first-order chi connectivity index (χ1) is 13.7. The predicted octanol–water partition coefficient (Wildman–Crippen LogP) is 3.59. The lowest BCUT2D eigenvalue weighted by Crippen LogP contribution is -2.38. The number of hydrogen-bond donors (Lipinski definition) is 1. The number of hydrogen-bond acceptors (Lipinski definition) is 4. The fraction of sp³-hybridized carbons (Fsp3) is 0.286. The van der Waals surface area contributed by atoms with Crippen molar-refractivity contribution in [2.75, 3.05) is 19.8 Å². The molecule has 3 aromatic rings. The van der Waals surface area contributed by atoms with E-state index in [-0.39, 0.29) is 0 Å². The highest BCUT2D eigenvalue weighted by Crippen LogP contribution is 2.15. The van der Waals surface area contributed by atoms with Gasteiger partial charge in [-0.1, -0.05) is 12.1 Å². The van der Waals surface area contributed by atoms with Gasteiger partial charge in [0, 0.05) is 43.6 Å². The standard InChI is InChI=1S/C21H26N6S/c1-4-22-21(26(2)16-17-6-8-19(28-3)9-7-17)24-15-18-10-12-23-20(14-18)27-13-5-11-25-27/h5-14H,4,15-16H2,1-3H3,(H,22,24). The van der Waals surface area contributed by atoms with Crippen molar-refractivity contribution < 1.29 is 0 Å². The maximum atomic E-state index is 4.81. The van der Waals surface area contributed by atoms with Gasteiger partial charge in [0.25, 0.3) is 0 Å². The Hall–Kier alpha value is -2.80. The third kappa shape index (κ3) is 5.36. The van der Waals surface area contributed by atoms with E-state index in [2.05, 4.69) is 64.8 Å². The number of pyridine rings is 1. The van der Waals surface area contributed by atoms with Crippen molar-refractivity contribution >= 4 is 17.7 Å². The Kier molecular flexibility index (Phi) is 7.08. The molecule has 0 amide bonds. The minimum atomic E-state index is 0.578. The van der Waals surface area contributed by atoms with Crippen molar-refractivity contribution in [3.05, 3.63) is 72.2 Å². The molecule has 0 saturated heterocycles. The highest BCUT2D eigenvalue weighted by atomic mass is 32.2. The molecule has 0 aliphatic rings. The van der Waals surface area contributed by atoms with Crippen LogP contribution in [0.15, 0.2) is 70.9 Å². The lowest BCUT2D eigenvalue weighted by atomic mass is 10.2. The second-order valence-corrected chi connectivity index (χ2v) is 7.23. The summed E-state index contributed by atoms with van der Waals surface area (Å²) in [7, 11) is 2.06. The fourth-order valence-electron chi connectivity index (χ4n) is 2.80. The molecule has 0 unspecified atom stereocenters. The number of rotatable bonds is 7. The van der Waals surface area contributed by atoms with Crippen LogP contribution in [0.2, 0.25) is 0 Å². The van der Waals surface area contributed by atoms with Crippen LogP contribution in [0.5, 0.6) is 0 Å². The average Bonchev–Trinajstić information content (AvgIpc) is 3.27. The first-order valence-corrected chi connectivity index (χ1v) is 10.5. The molecule has 0 aliphatic heterocycles. The van der Waals surface area contributed by atoms with Gasteiger partial charge in [0.05, 0.1) is 6.54 Å². The van der Waals surface area contributed by atoms with Gasteiger partial charge in [0.15, 0.2) is 11.8 Å². The number of nitrogens with zero attached hydrogens (tertiary/aromatic N) is 5. The van der Waals surface area contributed by atoms with Crippen molar-refractivity contribution in [1.82, 2.24) is 25.0 Å². The van der Waals surface area contributed by atoms with E-state index < -0.39 is 0 Å². The lowest BCUT2D eigenvalue weighted by Gasteiger charge is -2.22. The highest BCUT2D eigenvalue weighted by molar-refractivity contribution is 7.98. The van der Waals surface area contributed by atoms with Crippen molar-refractivity contribution in [2.45, 2.75) is 24.9 Å². The zero-order chi connectivity index (χ0) is 19.8. The van der Waals surface area contributed by atoms with Crippen LogP contribution in [-0.2, 0) is 13.1 Å². The van der Waals surface area contributed by atoms with Crippen LogP contribution in [-0.4, -0.2) is 45.5 Å². The molecule has 0 fully saturated rings. The number of thioether (sulfide) groups is 1. The lowest BCUT2D eigenvalue weighted by molar-refractivity contribution is 0.476. The van der Waals surface area contributed by atoms with Crippen molar-refractivity contribution in [3.63, 3.8) is 0 Å². The molecule has 3 rings (SSSR count). The zero-order valence-electron chi connectivity index (χ0n) is 16.5. The first-order valence-electron chi connectivity index (χ1n) is 9.27. The van der Waals surface area contributed by atoms with Gasteiger partial charge in [-0.05, 0) is 54.6 Å². The molecule has 28 heavy (non-hydrogen) atoms. The SMILES string of the molecule is CCNC(=NCc1ccnc(-n2cccn2)c1)N(C)Cc1ccc(SC)cc1. The molecular weight excluding hydrogens is 368 g/mol. The van der Waals surface area contributed by atoms with Gasteiger partial charge in [-0.25, -0.2) is 14.7 Å². The fourth-order valence-corrected chi connectivity index (χ4v) is 3.21. The second kappa shape index (κ2) is 9.94. The highest BCUT2D eigenvalue weighted by Gasteiger charge is 2.07. The zero-order valence-corrected chi connectivity index (χ0v) is 17.4. The summed E-state index contributed by atoms with van der Waals surface area (Å²) in [6.07, 6.45) is 7.52. The minimum Gasteiger partial charge on any atom is -0.357 e. The molecule has 0 saturated carbocycles. The van der Waals surface area contributed by atoms with Crippen LogP contribution < -0.4 is 5.32 Å². The monoisotopic (exact) mass is 394 g/mol. The maximum Gasteiger partial charge on any atom is 0.194 e. The molecular formula is C21H26N6S. The van der Waals surface area contributed by atoms with Gasteiger partial charge in [0.2, 0.25) is 0 Å². The molecule has 6 nitrogen and oxygen atoms in total. The molecule has 0 aliphatic carbocycles. The quantitative estimate of drug-likeness (QED) is 0.377. The molecule has 0 spiro atoms. The van der Waals surface area contributed by atoms with E-state index in [4.69, 9.17) is 4.99 Å². The predicted molar refractivity (Wildman–Crippen MR) is 116 cm³/mol. The van der Waals surface area contributed by atoms with Crippen LogP contribution >= 0.6 is 11.8 Å². The number of guanidine groups is 1. The van der Waals surface area contributed by atoms with Gasteiger partial charge in [-0.2, -0.15) is 5.10 Å². The Labute approximate surface area is 170 Å². The minimum absolute atomic E-state index is 0.578. The molecule has 1 N–H and O–H groups in total. The summed E-state index contributed by atoms with van der Waals surface area (Å²) in [5.74, 6) is 1.68. The molecule has 0 bridgehead atoms. The van der Waals surface area contributed by atoms with Gasteiger partial charge in [-0.15, -0.1) is 11.8 Å². The van der Waals surface area contributed by atoms with E-state index in [0.29, 0.717) is 6.54 Å². The third-order valence-electron chi connectivity index (χ3n) is 4.24. The largest absolute Gasteiger partial charge is 0.357 e. The Balaban J connectivity index is 1.70. The van der Waals surface area contributed by atoms with E-state index in [9.17, 15) is 0 Å². The van der Waals surface area contributed by atoms with E-state index in [1.54, 1.807) is 28.8 Å². The Morgan fingerprint density at radius 2 is 2.00 bits per heavy atom. The van der Waals surface area contributed by atoms with E-state index in [1.807, 2.05) is 24.4 Å². The number of aromatic nitrogens is 3. The van der Waals surface area contributed by atoms with Crippen molar-refractivity contribution in [2.24, 2.45) is 4.99 Å². The molecule has 2 aromatic heterocycles. The summed E-state index contributed by atoms with van der Waals surface area (Å²) in [6.45, 7) is 4.28. The van der Waals surface area contributed by atoms with E-state index in [1.165, 1.54) is 10.5 Å². The van der Waals surface area contributed by atoms with E-state index >= 15 is 0 Å². The maximum absolute atomic E-state index is 4.81. The molecule has 7 heteroatoms. The summed E-state index contributed by atoms with van der Waals surface area (Å²) in [5, 5.41) is 7.61. The van der Waals surface area contributed by atoms with Crippen LogP contribution in [0.4, 0.5) is 0 Å². The van der Waals surface area contributed by atoms with Crippen molar-refractivity contribution in [3.8, 4) is 5.82 Å². The number of nitrogens with one attached hydrogen (secondary N) is 1. The van der Waals surface area contributed by atoms with Crippen LogP contribution in [0, 0.1) is 0 Å². The van der Waals surface area contributed by atoms with Gasteiger partial charge in [0.1, 0.15) is 0 Å². The average molecular weight is 395 g/mol. The molecule has 0 radical (unpaired) electrons. The van der Waals surface area contributed by atoms with Crippen LogP contribution in [0.3, 0.4) is 0 Å². The summed E-state index contributed by atoms with van der Waals surface area (Å²) >= 11 is 1.76. The molecule has 2 heterocycles. The smallest absolute Gasteiger partial charge is 0.194 e. The second-order valence-electron chi connectivity index (χ2n) is 6.35. The van der Waals surface area contributed by atoms with Crippen molar-refractivity contribution in [1.29, 1.82) is 0 Å². The van der Waals surface area contributed by atoms with Gasteiger partial charge < -0.3 is 10.2 Å². The van der Waals surface area contributed by atoms with Gasteiger partial charge >= 0.3 is 0 Å². The van der Waals surface area contributed by atoms with Crippen LogP contribution in [0.1, 0.15) is 18.1 Å². The van der Waals surface area contributed by atoms with Gasteiger partial charge in [-0.3, -0.25) is 0 Å². The molecule has 0 atom stereocenters.